The van der Waals surface area contributed by atoms with Crippen molar-refractivity contribution >= 4 is 5.91 Å². The summed E-state index contributed by atoms with van der Waals surface area (Å²) in [6.07, 6.45) is 0.913. The Bertz CT molecular complexity index is 378. The van der Waals surface area contributed by atoms with Gasteiger partial charge in [-0.1, -0.05) is 6.92 Å². The smallest absolute Gasteiger partial charge is 0.251 e. The minimum Gasteiger partial charge on any atom is -0.508 e. The van der Waals surface area contributed by atoms with E-state index in [4.69, 9.17) is 0 Å². The van der Waals surface area contributed by atoms with Gasteiger partial charge < -0.3 is 15.7 Å². The summed E-state index contributed by atoms with van der Waals surface area (Å²) in [6, 6.07) is 4.76. The Labute approximate surface area is 102 Å². The molecule has 1 aromatic carbocycles. The molecule has 94 valence electrons. The SMILES string of the molecule is CCNCCCNC(=O)c1ccc(O)cc1C. The maximum atomic E-state index is 11.8. The first-order valence-corrected chi connectivity index (χ1v) is 5.93. The fraction of sp³-hybridized carbons (Fsp3) is 0.462. The first-order valence-electron chi connectivity index (χ1n) is 5.93. The van der Waals surface area contributed by atoms with Crippen LogP contribution < -0.4 is 10.6 Å². The van der Waals surface area contributed by atoms with Crippen LogP contribution in [0, 0.1) is 6.92 Å². The van der Waals surface area contributed by atoms with Crippen LogP contribution in [0.5, 0.6) is 5.75 Å². The molecule has 17 heavy (non-hydrogen) atoms. The van der Waals surface area contributed by atoms with E-state index < -0.39 is 0 Å². The van der Waals surface area contributed by atoms with Crippen molar-refractivity contribution in [3.8, 4) is 5.75 Å². The molecule has 0 heterocycles. The Balaban J connectivity index is 2.42. The number of carbonyl (C=O) groups is 1. The first-order chi connectivity index (χ1) is 8.15. The number of phenols is 1. The first kappa shape index (κ1) is 13.5. The predicted octanol–water partition coefficient (Wildman–Crippen LogP) is 1.43. The molecule has 0 unspecified atom stereocenters. The zero-order valence-electron chi connectivity index (χ0n) is 10.4. The lowest BCUT2D eigenvalue weighted by atomic mass is 10.1. The fourth-order valence-electron chi connectivity index (χ4n) is 1.59. The molecular weight excluding hydrogens is 216 g/mol. The highest BCUT2D eigenvalue weighted by atomic mass is 16.3. The molecule has 0 saturated heterocycles. The van der Waals surface area contributed by atoms with E-state index in [-0.39, 0.29) is 11.7 Å². The average molecular weight is 236 g/mol. The second kappa shape index (κ2) is 6.91. The molecule has 0 atom stereocenters. The van der Waals surface area contributed by atoms with Crippen molar-refractivity contribution in [1.82, 2.24) is 10.6 Å². The minimum atomic E-state index is -0.0843. The second-order valence-corrected chi connectivity index (χ2v) is 3.96. The van der Waals surface area contributed by atoms with Gasteiger partial charge in [-0.25, -0.2) is 0 Å². The number of rotatable bonds is 6. The Morgan fingerprint density at radius 2 is 2.12 bits per heavy atom. The third-order valence-corrected chi connectivity index (χ3v) is 2.52. The average Bonchev–Trinajstić information content (AvgIpc) is 2.28. The van der Waals surface area contributed by atoms with E-state index in [9.17, 15) is 9.90 Å². The lowest BCUT2D eigenvalue weighted by Gasteiger charge is -2.08. The van der Waals surface area contributed by atoms with E-state index in [1.54, 1.807) is 12.1 Å². The monoisotopic (exact) mass is 236 g/mol. The van der Waals surface area contributed by atoms with Gasteiger partial charge in [0.25, 0.3) is 5.91 Å². The molecule has 4 nitrogen and oxygen atoms in total. The van der Waals surface area contributed by atoms with Gasteiger partial charge in [-0.05, 0) is 50.2 Å². The molecule has 1 rings (SSSR count). The molecule has 0 saturated carbocycles. The Kier molecular flexibility index (Phi) is 5.49. The standard InChI is InChI=1S/C13H20N2O2/c1-3-14-7-4-8-15-13(17)12-6-5-11(16)9-10(12)2/h5-6,9,14,16H,3-4,7-8H2,1-2H3,(H,15,17). The summed E-state index contributed by atoms with van der Waals surface area (Å²) < 4.78 is 0. The number of phenolic OH excluding ortho intramolecular Hbond substituents is 1. The van der Waals surface area contributed by atoms with Gasteiger partial charge in [0, 0.05) is 12.1 Å². The van der Waals surface area contributed by atoms with E-state index in [0.717, 1.165) is 25.1 Å². The normalized spacial score (nSPS) is 10.2. The number of hydrogen-bond donors (Lipinski definition) is 3. The third-order valence-electron chi connectivity index (χ3n) is 2.52. The van der Waals surface area contributed by atoms with Gasteiger partial charge in [0.15, 0.2) is 0 Å². The van der Waals surface area contributed by atoms with Crippen molar-refractivity contribution < 1.29 is 9.90 Å². The zero-order chi connectivity index (χ0) is 12.7. The number of nitrogens with one attached hydrogen (secondary N) is 2. The van der Waals surface area contributed by atoms with E-state index in [0.29, 0.717) is 12.1 Å². The molecule has 0 aromatic heterocycles. The van der Waals surface area contributed by atoms with Gasteiger partial charge in [0.1, 0.15) is 5.75 Å². The van der Waals surface area contributed by atoms with Gasteiger partial charge >= 0.3 is 0 Å². The van der Waals surface area contributed by atoms with E-state index in [1.165, 1.54) is 6.07 Å². The van der Waals surface area contributed by atoms with Crippen molar-refractivity contribution in [2.45, 2.75) is 20.3 Å². The summed E-state index contributed by atoms with van der Waals surface area (Å²) in [5, 5.41) is 15.3. The van der Waals surface area contributed by atoms with Crippen molar-refractivity contribution in [2.24, 2.45) is 0 Å². The molecule has 0 spiro atoms. The van der Waals surface area contributed by atoms with Crippen molar-refractivity contribution in [3.63, 3.8) is 0 Å². The van der Waals surface area contributed by atoms with Gasteiger partial charge in [0.2, 0.25) is 0 Å². The highest BCUT2D eigenvalue weighted by molar-refractivity contribution is 5.95. The Hall–Kier alpha value is -1.55. The van der Waals surface area contributed by atoms with E-state index >= 15 is 0 Å². The van der Waals surface area contributed by atoms with E-state index in [1.807, 2.05) is 6.92 Å². The van der Waals surface area contributed by atoms with Crippen molar-refractivity contribution in [1.29, 1.82) is 0 Å². The maximum absolute atomic E-state index is 11.8. The number of amides is 1. The van der Waals surface area contributed by atoms with Crippen LogP contribution in [0.4, 0.5) is 0 Å². The lowest BCUT2D eigenvalue weighted by molar-refractivity contribution is 0.0952. The molecule has 0 bridgehead atoms. The highest BCUT2D eigenvalue weighted by Crippen LogP contribution is 2.15. The summed E-state index contributed by atoms with van der Waals surface area (Å²) in [5.74, 6) is 0.102. The summed E-state index contributed by atoms with van der Waals surface area (Å²) in [7, 11) is 0. The second-order valence-electron chi connectivity index (χ2n) is 3.96. The van der Waals surface area contributed by atoms with Crippen LogP contribution in [0.25, 0.3) is 0 Å². The molecule has 1 aromatic rings. The number of aromatic hydroxyl groups is 1. The van der Waals surface area contributed by atoms with E-state index in [2.05, 4.69) is 17.6 Å². The summed E-state index contributed by atoms with van der Waals surface area (Å²) in [5.41, 5.74) is 1.40. The number of carbonyl (C=O) groups excluding carboxylic acids is 1. The lowest BCUT2D eigenvalue weighted by Crippen LogP contribution is -2.27. The molecular formula is C13H20N2O2. The largest absolute Gasteiger partial charge is 0.508 e. The summed E-state index contributed by atoms with van der Waals surface area (Å²) in [4.78, 5) is 11.8. The molecule has 0 aliphatic heterocycles. The van der Waals surface area contributed by atoms with Gasteiger partial charge in [-0.15, -0.1) is 0 Å². The molecule has 0 aliphatic carbocycles. The van der Waals surface area contributed by atoms with Crippen LogP contribution in [0.1, 0.15) is 29.3 Å². The molecule has 0 aliphatic rings. The van der Waals surface area contributed by atoms with Crippen molar-refractivity contribution in [2.75, 3.05) is 19.6 Å². The maximum Gasteiger partial charge on any atom is 0.251 e. The number of hydrogen-bond acceptors (Lipinski definition) is 3. The van der Waals surface area contributed by atoms with Crippen LogP contribution >= 0.6 is 0 Å². The van der Waals surface area contributed by atoms with Crippen LogP contribution in [0.15, 0.2) is 18.2 Å². The zero-order valence-corrected chi connectivity index (χ0v) is 10.4. The number of benzene rings is 1. The molecule has 1 amide bonds. The highest BCUT2D eigenvalue weighted by Gasteiger charge is 2.08. The summed E-state index contributed by atoms with van der Waals surface area (Å²) >= 11 is 0. The molecule has 0 fully saturated rings. The molecule has 3 N–H and O–H groups in total. The Morgan fingerprint density at radius 1 is 1.35 bits per heavy atom. The van der Waals surface area contributed by atoms with Gasteiger partial charge in [-0.3, -0.25) is 4.79 Å². The van der Waals surface area contributed by atoms with Gasteiger partial charge in [0.05, 0.1) is 0 Å². The predicted molar refractivity (Wildman–Crippen MR) is 68.3 cm³/mol. The number of aryl methyl sites for hydroxylation is 1. The van der Waals surface area contributed by atoms with Crippen LogP contribution in [-0.2, 0) is 0 Å². The summed E-state index contributed by atoms with van der Waals surface area (Å²) in [6.45, 7) is 6.38. The topological polar surface area (TPSA) is 61.4 Å². The quantitative estimate of drug-likeness (QED) is 0.655. The minimum absolute atomic E-state index is 0.0843. The van der Waals surface area contributed by atoms with Crippen molar-refractivity contribution in [3.05, 3.63) is 29.3 Å². The van der Waals surface area contributed by atoms with Crippen LogP contribution in [-0.4, -0.2) is 30.6 Å². The molecule has 0 radical (unpaired) electrons. The Morgan fingerprint density at radius 3 is 2.76 bits per heavy atom. The third kappa shape index (κ3) is 4.44. The fourth-order valence-corrected chi connectivity index (χ4v) is 1.59. The van der Waals surface area contributed by atoms with Crippen LogP contribution in [0.3, 0.4) is 0 Å². The molecule has 4 heteroatoms. The van der Waals surface area contributed by atoms with Crippen LogP contribution in [0.2, 0.25) is 0 Å². The van der Waals surface area contributed by atoms with Gasteiger partial charge in [-0.2, -0.15) is 0 Å².